The van der Waals surface area contributed by atoms with Gasteiger partial charge < -0.3 is 19.5 Å². The molecule has 1 aliphatic heterocycles. The average Bonchev–Trinajstić information content (AvgIpc) is 3.23. The number of carbonyl (C=O) groups excluding carboxylic acids is 1. The summed E-state index contributed by atoms with van der Waals surface area (Å²) in [6, 6.07) is 17.2. The number of hydrogen-bond acceptors (Lipinski definition) is 4. The highest BCUT2D eigenvalue weighted by Crippen LogP contribution is 2.13. The van der Waals surface area contributed by atoms with E-state index in [1.807, 2.05) is 54.6 Å². The summed E-state index contributed by atoms with van der Waals surface area (Å²) in [5, 5.41) is 2.92. The van der Waals surface area contributed by atoms with Gasteiger partial charge in [0.1, 0.15) is 12.4 Å². The van der Waals surface area contributed by atoms with Crippen LogP contribution in [-0.4, -0.2) is 38.4 Å². The van der Waals surface area contributed by atoms with Crippen molar-refractivity contribution in [2.75, 3.05) is 26.4 Å². The maximum Gasteiger partial charge on any atom is 0.251 e. The van der Waals surface area contributed by atoms with Crippen LogP contribution in [-0.2, 0) is 16.1 Å². The van der Waals surface area contributed by atoms with E-state index in [1.165, 1.54) is 0 Å². The maximum absolute atomic E-state index is 12.2. The van der Waals surface area contributed by atoms with E-state index >= 15 is 0 Å². The van der Waals surface area contributed by atoms with Crippen molar-refractivity contribution < 1.29 is 19.0 Å². The topological polar surface area (TPSA) is 56.8 Å². The number of hydrogen-bond donors (Lipinski definition) is 1. The van der Waals surface area contributed by atoms with Crippen LogP contribution in [0.5, 0.6) is 5.75 Å². The Bertz CT molecular complexity index is 681. The van der Waals surface area contributed by atoms with Gasteiger partial charge in [-0.05, 0) is 49.1 Å². The van der Waals surface area contributed by atoms with Gasteiger partial charge in [0, 0.05) is 25.3 Å². The lowest BCUT2D eigenvalue weighted by atomic mass is 10.1. The Morgan fingerprint density at radius 1 is 1.11 bits per heavy atom. The first-order valence-corrected chi connectivity index (χ1v) is 9.55. The Labute approximate surface area is 160 Å². The number of nitrogens with one attached hydrogen (secondary N) is 1. The summed E-state index contributed by atoms with van der Waals surface area (Å²) >= 11 is 0. The highest BCUT2D eigenvalue weighted by molar-refractivity contribution is 5.94. The first-order valence-electron chi connectivity index (χ1n) is 9.55. The van der Waals surface area contributed by atoms with Crippen molar-refractivity contribution in [2.24, 2.45) is 0 Å². The maximum atomic E-state index is 12.2. The van der Waals surface area contributed by atoms with Crippen LogP contribution in [0.3, 0.4) is 0 Å². The van der Waals surface area contributed by atoms with E-state index in [1.54, 1.807) is 0 Å². The highest BCUT2D eigenvalue weighted by atomic mass is 16.5. The van der Waals surface area contributed by atoms with Gasteiger partial charge in [0.2, 0.25) is 0 Å². The molecule has 0 spiro atoms. The highest BCUT2D eigenvalue weighted by Gasteiger charge is 2.14. The molecule has 0 aliphatic carbocycles. The first-order chi connectivity index (χ1) is 13.3. The van der Waals surface area contributed by atoms with Crippen molar-refractivity contribution >= 4 is 5.91 Å². The van der Waals surface area contributed by atoms with Crippen LogP contribution in [0, 0.1) is 0 Å². The van der Waals surface area contributed by atoms with E-state index in [9.17, 15) is 4.79 Å². The molecule has 0 bridgehead atoms. The van der Waals surface area contributed by atoms with Gasteiger partial charge in [-0.3, -0.25) is 4.79 Å². The molecule has 2 aromatic carbocycles. The van der Waals surface area contributed by atoms with Crippen molar-refractivity contribution in [3.05, 3.63) is 65.7 Å². The fourth-order valence-electron chi connectivity index (χ4n) is 2.90. The van der Waals surface area contributed by atoms with Gasteiger partial charge in [0.25, 0.3) is 5.91 Å². The lowest BCUT2D eigenvalue weighted by Gasteiger charge is -2.10. The predicted molar refractivity (Wildman–Crippen MR) is 104 cm³/mol. The minimum Gasteiger partial charge on any atom is -0.489 e. The average molecular weight is 369 g/mol. The van der Waals surface area contributed by atoms with E-state index in [0.717, 1.165) is 37.2 Å². The molecule has 1 aliphatic rings. The van der Waals surface area contributed by atoms with Crippen LogP contribution in [0.2, 0.25) is 0 Å². The van der Waals surface area contributed by atoms with Crippen molar-refractivity contribution in [3.8, 4) is 5.75 Å². The van der Waals surface area contributed by atoms with Crippen molar-refractivity contribution in [1.82, 2.24) is 5.32 Å². The fourth-order valence-corrected chi connectivity index (χ4v) is 2.90. The SMILES string of the molecule is O=C(NCCCOCC1CCCO1)c1ccc(COc2ccccc2)cc1. The molecule has 1 N–H and O–H groups in total. The van der Waals surface area contributed by atoms with Gasteiger partial charge in [-0.15, -0.1) is 0 Å². The van der Waals surface area contributed by atoms with Gasteiger partial charge in [-0.25, -0.2) is 0 Å². The zero-order chi connectivity index (χ0) is 18.7. The van der Waals surface area contributed by atoms with Gasteiger partial charge in [-0.2, -0.15) is 0 Å². The monoisotopic (exact) mass is 369 g/mol. The second kappa shape index (κ2) is 10.7. The fraction of sp³-hybridized carbons (Fsp3) is 0.409. The van der Waals surface area contributed by atoms with Crippen LogP contribution in [0.1, 0.15) is 35.2 Å². The zero-order valence-corrected chi connectivity index (χ0v) is 15.6. The number of carbonyl (C=O) groups is 1. The lowest BCUT2D eigenvalue weighted by Crippen LogP contribution is -2.25. The predicted octanol–water partition coefficient (Wildman–Crippen LogP) is 3.58. The van der Waals surface area contributed by atoms with Crippen LogP contribution >= 0.6 is 0 Å². The molecule has 5 heteroatoms. The van der Waals surface area contributed by atoms with E-state index in [2.05, 4.69) is 5.32 Å². The second-order valence-electron chi connectivity index (χ2n) is 6.62. The third-order valence-corrected chi connectivity index (χ3v) is 4.44. The molecule has 27 heavy (non-hydrogen) atoms. The molecular formula is C22H27NO4. The van der Waals surface area contributed by atoms with Gasteiger partial charge in [0.05, 0.1) is 12.7 Å². The molecule has 1 saturated heterocycles. The van der Waals surface area contributed by atoms with Crippen LogP contribution in [0.4, 0.5) is 0 Å². The van der Waals surface area contributed by atoms with Gasteiger partial charge in [-0.1, -0.05) is 30.3 Å². The molecule has 2 aromatic rings. The summed E-state index contributed by atoms with van der Waals surface area (Å²) < 4.78 is 16.8. The van der Waals surface area contributed by atoms with Crippen molar-refractivity contribution in [1.29, 1.82) is 0 Å². The van der Waals surface area contributed by atoms with Crippen LogP contribution < -0.4 is 10.1 Å². The lowest BCUT2D eigenvalue weighted by molar-refractivity contribution is 0.0166. The number of para-hydroxylation sites is 1. The molecule has 0 aromatic heterocycles. The van der Waals surface area contributed by atoms with Crippen LogP contribution in [0.15, 0.2) is 54.6 Å². The van der Waals surface area contributed by atoms with Crippen molar-refractivity contribution in [3.63, 3.8) is 0 Å². The van der Waals surface area contributed by atoms with Crippen LogP contribution in [0.25, 0.3) is 0 Å². The Morgan fingerprint density at radius 3 is 2.67 bits per heavy atom. The summed E-state index contributed by atoms with van der Waals surface area (Å²) in [5.74, 6) is 0.769. The molecule has 5 nitrogen and oxygen atoms in total. The van der Waals surface area contributed by atoms with E-state index in [4.69, 9.17) is 14.2 Å². The summed E-state index contributed by atoms with van der Waals surface area (Å²) in [4.78, 5) is 12.2. The second-order valence-corrected chi connectivity index (χ2v) is 6.62. The minimum absolute atomic E-state index is 0.0651. The van der Waals surface area contributed by atoms with Gasteiger partial charge >= 0.3 is 0 Å². The number of benzene rings is 2. The third-order valence-electron chi connectivity index (χ3n) is 4.44. The van der Waals surface area contributed by atoms with E-state index < -0.39 is 0 Å². The number of amides is 1. The number of ether oxygens (including phenoxy) is 3. The Kier molecular flexibility index (Phi) is 7.69. The number of rotatable bonds is 10. The van der Waals surface area contributed by atoms with Gasteiger partial charge in [0.15, 0.2) is 0 Å². The smallest absolute Gasteiger partial charge is 0.251 e. The summed E-state index contributed by atoms with van der Waals surface area (Å²) in [7, 11) is 0. The molecule has 3 rings (SSSR count). The Hall–Kier alpha value is -2.37. The molecule has 1 unspecified atom stereocenters. The molecule has 1 atom stereocenters. The Morgan fingerprint density at radius 2 is 1.93 bits per heavy atom. The standard InChI is InChI=1S/C22H27NO4/c24-22(23-13-5-14-25-17-21-8-4-15-26-21)19-11-9-18(10-12-19)16-27-20-6-2-1-3-7-20/h1-3,6-7,9-12,21H,4-5,8,13-17H2,(H,23,24). The van der Waals surface area contributed by atoms with E-state index in [-0.39, 0.29) is 12.0 Å². The molecule has 0 saturated carbocycles. The van der Waals surface area contributed by atoms with E-state index in [0.29, 0.717) is 31.9 Å². The minimum atomic E-state index is -0.0651. The summed E-state index contributed by atoms with van der Waals surface area (Å²) in [5.41, 5.74) is 1.68. The molecule has 1 amide bonds. The first kappa shape index (κ1) is 19.4. The third kappa shape index (κ3) is 6.70. The quantitative estimate of drug-likeness (QED) is 0.651. The normalized spacial score (nSPS) is 16.2. The Balaban J connectivity index is 1.31. The molecular weight excluding hydrogens is 342 g/mol. The van der Waals surface area contributed by atoms with Crippen molar-refractivity contribution in [2.45, 2.75) is 32.0 Å². The molecule has 0 radical (unpaired) electrons. The molecule has 144 valence electrons. The molecule has 1 fully saturated rings. The summed E-state index contributed by atoms with van der Waals surface area (Å²) in [6.45, 7) is 3.22. The summed E-state index contributed by atoms with van der Waals surface area (Å²) in [6.07, 6.45) is 3.26. The molecule has 1 heterocycles. The zero-order valence-electron chi connectivity index (χ0n) is 15.6. The largest absolute Gasteiger partial charge is 0.489 e.